The fourth-order valence-electron chi connectivity index (χ4n) is 1.94. The van der Waals surface area contributed by atoms with E-state index in [1.165, 1.54) is 0 Å². The quantitative estimate of drug-likeness (QED) is 0.756. The molecule has 0 aliphatic heterocycles. The maximum absolute atomic E-state index is 12.1. The summed E-state index contributed by atoms with van der Waals surface area (Å²) in [4.78, 5) is 0.436. The second-order valence-corrected chi connectivity index (χ2v) is 6.32. The molecular weight excluding hydrogens is 220 g/mol. The van der Waals surface area contributed by atoms with Gasteiger partial charge in [0.05, 0.1) is 10.6 Å². The van der Waals surface area contributed by atoms with E-state index in [0.717, 1.165) is 30.4 Å². The summed E-state index contributed by atoms with van der Waals surface area (Å²) in [5.41, 5.74) is 2.15. The van der Waals surface area contributed by atoms with Crippen molar-refractivity contribution >= 4 is 9.84 Å². The minimum atomic E-state index is -3.13. The van der Waals surface area contributed by atoms with Gasteiger partial charge in [-0.25, -0.2) is 8.42 Å². The second-order valence-electron chi connectivity index (χ2n) is 4.33. The van der Waals surface area contributed by atoms with E-state index in [-0.39, 0.29) is 5.75 Å². The van der Waals surface area contributed by atoms with Crippen LogP contribution in [0, 0.1) is 6.92 Å². The van der Waals surface area contributed by atoms with Crippen molar-refractivity contribution in [1.82, 2.24) is 0 Å². The normalized spacial score (nSPS) is 16.2. The number of hydrogen-bond donors (Lipinski definition) is 0. The van der Waals surface area contributed by atoms with Crippen LogP contribution in [0.2, 0.25) is 0 Å². The number of aryl methyl sites for hydroxylation is 1. The lowest BCUT2D eigenvalue weighted by molar-refractivity contribution is 0.597. The molecule has 0 spiro atoms. The minimum Gasteiger partial charge on any atom is -0.223 e. The van der Waals surface area contributed by atoms with Crippen LogP contribution in [0.1, 0.15) is 24.8 Å². The van der Waals surface area contributed by atoms with Gasteiger partial charge in [-0.15, -0.1) is 0 Å². The second kappa shape index (κ2) is 4.42. The molecule has 1 aromatic rings. The highest BCUT2D eigenvalue weighted by molar-refractivity contribution is 7.91. The summed E-state index contributed by atoms with van der Waals surface area (Å²) in [7, 11) is -3.13. The molecule has 2 rings (SSSR count). The minimum absolute atomic E-state index is 0.191. The molecule has 86 valence electrons. The van der Waals surface area contributed by atoms with E-state index in [2.05, 4.69) is 6.08 Å². The van der Waals surface area contributed by atoms with Crippen LogP contribution in [0.15, 0.2) is 40.8 Å². The summed E-state index contributed by atoms with van der Waals surface area (Å²) in [5.74, 6) is 0.191. The summed E-state index contributed by atoms with van der Waals surface area (Å²) >= 11 is 0. The van der Waals surface area contributed by atoms with Gasteiger partial charge in [0.2, 0.25) is 0 Å². The zero-order chi connectivity index (χ0) is 11.6. The predicted octanol–water partition coefficient (Wildman–Crippen LogP) is 2.88. The highest BCUT2D eigenvalue weighted by Crippen LogP contribution is 2.22. The van der Waals surface area contributed by atoms with Crippen molar-refractivity contribution in [1.29, 1.82) is 0 Å². The van der Waals surface area contributed by atoms with Crippen molar-refractivity contribution in [3.8, 4) is 0 Å². The van der Waals surface area contributed by atoms with Crippen LogP contribution in [0.3, 0.4) is 0 Å². The molecule has 0 radical (unpaired) electrons. The third kappa shape index (κ3) is 2.53. The van der Waals surface area contributed by atoms with Crippen LogP contribution in [0.25, 0.3) is 0 Å². The molecule has 2 nitrogen and oxygen atoms in total. The Bertz CT molecular complexity index is 495. The number of sulfone groups is 1. The lowest BCUT2D eigenvalue weighted by Gasteiger charge is -2.05. The Morgan fingerprint density at radius 2 is 1.88 bits per heavy atom. The van der Waals surface area contributed by atoms with Gasteiger partial charge in [0.1, 0.15) is 0 Å². The van der Waals surface area contributed by atoms with Gasteiger partial charge in [0.25, 0.3) is 0 Å². The molecule has 0 N–H and O–H groups in total. The Balaban J connectivity index is 2.21. The monoisotopic (exact) mass is 236 g/mol. The van der Waals surface area contributed by atoms with Crippen molar-refractivity contribution in [2.75, 3.05) is 5.75 Å². The molecule has 0 aromatic heterocycles. The molecule has 0 saturated heterocycles. The first-order chi connectivity index (χ1) is 7.58. The highest BCUT2D eigenvalue weighted by atomic mass is 32.2. The van der Waals surface area contributed by atoms with Crippen LogP contribution >= 0.6 is 0 Å². The van der Waals surface area contributed by atoms with Gasteiger partial charge in [0.15, 0.2) is 9.84 Å². The maximum Gasteiger partial charge on any atom is 0.182 e. The van der Waals surface area contributed by atoms with Gasteiger partial charge in [-0.3, -0.25) is 0 Å². The van der Waals surface area contributed by atoms with Crippen molar-refractivity contribution in [3.05, 3.63) is 41.5 Å². The Hall–Kier alpha value is -1.09. The summed E-state index contributed by atoms with van der Waals surface area (Å²) < 4.78 is 24.1. The highest BCUT2D eigenvalue weighted by Gasteiger charge is 2.17. The summed E-state index contributed by atoms with van der Waals surface area (Å²) in [6.07, 6.45) is 5.12. The van der Waals surface area contributed by atoms with Crippen LogP contribution in [-0.2, 0) is 9.84 Å². The van der Waals surface area contributed by atoms with Gasteiger partial charge in [-0.1, -0.05) is 29.3 Å². The number of hydrogen-bond acceptors (Lipinski definition) is 2. The van der Waals surface area contributed by atoms with Gasteiger partial charge < -0.3 is 0 Å². The molecule has 3 heteroatoms. The lowest BCUT2D eigenvalue weighted by Crippen LogP contribution is -2.08. The number of allylic oxidation sites excluding steroid dienone is 1. The molecule has 0 unspecified atom stereocenters. The summed E-state index contributed by atoms with van der Waals surface area (Å²) in [5, 5.41) is 0. The predicted molar refractivity (Wildman–Crippen MR) is 65.2 cm³/mol. The topological polar surface area (TPSA) is 34.1 Å². The standard InChI is InChI=1S/C13H16O2S/c1-11-6-8-13(9-7-11)16(14,15)10-12-4-2-3-5-12/h4,6-9H,2-3,5,10H2,1H3. The van der Waals surface area contributed by atoms with Crippen molar-refractivity contribution in [2.45, 2.75) is 31.1 Å². The van der Waals surface area contributed by atoms with Crippen LogP contribution < -0.4 is 0 Å². The van der Waals surface area contributed by atoms with Crippen LogP contribution in [0.5, 0.6) is 0 Å². The SMILES string of the molecule is Cc1ccc(S(=O)(=O)CC2=CCCC2)cc1. The molecule has 1 aromatic carbocycles. The molecular formula is C13H16O2S. The van der Waals surface area contributed by atoms with Crippen molar-refractivity contribution < 1.29 is 8.42 Å². The summed E-state index contributed by atoms with van der Waals surface area (Å²) in [6.45, 7) is 1.95. The molecule has 16 heavy (non-hydrogen) atoms. The average Bonchev–Trinajstić information content (AvgIpc) is 2.70. The molecule has 0 atom stereocenters. The largest absolute Gasteiger partial charge is 0.223 e. The Kier molecular flexibility index (Phi) is 3.15. The Morgan fingerprint density at radius 1 is 1.19 bits per heavy atom. The van der Waals surface area contributed by atoms with Crippen LogP contribution in [0.4, 0.5) is 0 Å². The molecule has 1 aliphatic rings. The third-order valence-electron chi connectivity index (χ3n) is 2.89. The molecule has 0 amide bonds. The average molecular weight is 236 g/mol. The molecule has 0 heterocycles. The van der Waals surface area contributed by atoms with E-state index in [1.54, 1.807) is 12.1 Å². The van der Waals surface area contributed by atoms with E-state index in [0.29, 0.717) is 4.90 Å². The zero-order valence-corrected chi connectivity index (χ0v) is 10.3. The smallest absolute Gasteiger partial charge is 0.182 e. The Labute approximate surface area is 96.9 Å². The molecule has 0 bridgehead atoms. The van der Waals surface area contributed by atoms with E-state index < -0.39 is 9.84 Å². The number of benzene rings is 1. The lowest BCUT2D eigenvalue weighted by atomic mass is 10.2. The zero-order valence-electron chi connectivity index (χ0n) is 9.44. The van der Waals surface area contributed by atoms with E-state index in [1.807, 2.05) is 19.1 Å². The molecule has 0 fully saturated rings. The van der Waals surface area contributed by atoms with E-state index in [9.17, 15) is 8.42 Å². The van der Waals surface area contributed by atoms with Gasteiger partial charge in [-0.2, -0.15) is 0 Å². The van der Waals surface area contributed by atoms with E-state index in [4.69, 9.17) is 0 Å². The first-order valence-corrected chi connectivity index (χ1v) is 7.20. The molecule has 0 saturated carbocycles. The summed E-state index contributed by atoms with van der Waals surface area (Å²) in [6, 6.07) is 7.08. The third-order valence-corrected chi connectivity index (χ3v) is 4.63. The first-order valence-electron chi connectivity index (χ1n) is 5.55. The Morgan fingerprint density at radius 3 is 2.44 bits per heavy atom. The van der Waals surface area contributed by atoms with Gasteiger partial charge >= 0.3 is 0 Å². The number of rotatable bonds is 3. The fraction of sp³-hybridized carbons (Fsp3) is 0.385. The fourth-order valence-corrected chi connectivity index (χ4v) is 3.41. The molecule has 1 aliphatic carbocycles. The van der Waals surface area contributed by atoms with Crippen molar-refractivity contribution in [2.24, 2.45) is 0 Å². The first kappa shape index (κ1) is 11.4. The maximum atomic E-state index is 12.1. The van der Waals surface area contributed by atoms with E-state index >= 15 is 0 Å². The van der Waals surface area contributed by atoms with Crippen molar-refractivity contribution in [3.63, 3.8) is 0 Å². The van der Waals surface area contributed by atoms with Gasteiger partial charge in [0, 0.05) is 0 Å². The van der Waals surface area contributed by atoms with Crippen LogP contribution in [-0.4, -0.2) is 14.2 Å². The van der Waals surface area contributed by atoms with Gasteiger partial charge in [-0.05, 0) is 38.3 Å².